The number of ether oxygens (including phenoxy) is 2. The highest BCUT2D eigenvalue weighted by Gasteiger charge is 2.49. The van der Waals surface area contributed by atoms with Crippen LogP contribution in [0.25, 0.3) is 17.1 Å². The summed E-state index contributed by atoms with van der Waals surface area (Å²) in [7, 11) is 1.38. The molecule has 0 unspecified atom stereocenters. The fourth-order valence-electron chi connectivity index (χ4n) is 4.61. The Morgan fingerprint density at radius 2 is 2.03 bits per heavy atom. The summed E-state index contributed by atoms with van der Waals surface area (Å²) in [6, 6.07) is 3.83. The Labute approximate surface area is 223 Å². The van der Waals surface area contributed by atoms with Crippen molar-refractivity contribution in [3.63, 3.8) is 0 Å². The van der Waals surface area contributed by atoms with E-state index in [0.29, 0.717) is 17.1 Å². The van der Waals surface area contributed by atoms with Crippen molar-refractivity contribution in [1.82, 2.24) is 29.8 Å². The zero-order chi connectivity index (χ0) is 27.2. The predicted molar refractivity (Wildman–Crippen MR) is 130 cm³/mol. The second-order valence-corrected chi connectivity index (χ2v) is 9.85. The second kappa shape index (κ2) is 10.4. The minimum absolute atomic E-state index is 0.0821. The highest BCUT2D eigenvalue weighted by molar-refractivity contribution is 7.07. The molecule has 4 aromatic rings. The van der Waals surface area contributed by atoms with E-state index in [0.717, 1.165) is 16.8 Å². The van der Waals surface area contributed by atoms with Crippen molar-refractivity contribution < 1.29 is 32.9 Å². The van der Waals surface area contributed by atoms with Gasteiger partial charge < -0.3 is 19.7 Å². The van der Waals surface area contributed by atoms with Crippen LogP contribution in [0.3, 0.4) is 0 Å². The lowest BCUT2D eigenvalue weighted by Gasteiger charge is -2.43. The van der Waals surface area contributed by atoms with Crippen molar-refractivity contribution in [3.05, 3.63) is 63.3 Å². The molecule has 0 bridgehead atoms. The number of aliphatic hydroxyl groups excluding tert-OH is 2. The molecular weight excluding hydrogens is 549 g/mol. The molecule has 1 fully saturated rings. The minimum Gasteiger partial charge on any atom is -0.394 e. The fourth-order valence-corrected chi connectivity index (χ4v) is 5.32. The Morgan fingerprint density at radius 1 is 1.24 bits per heavy atom. The molecule has 38 heavy (non-hydrogen) atoms. The van der Waals surface area contributed by atoms with Gasteiger partial charge in [0.05, 0.1) is 41.0 Å². The van der Waals surface area contributed by atoms with Gasteiger partial charge in [0.2, 0.25) is 0 Å². The van der Waals surface area contributed by atoms with Gasteiger partial charge in [0.25, 0.3) is 0 Å². The summed E-state index contributed by atoms with van der Waals surface area (Å²) < 4.78 is 56.1. The molecule has 1 aliphatic heterocycles. The lowest BCUT2D eigenvalue weighted by Crippen LogP contribution is -2.53. The second-order valence-electron chi connectivity index (χ2n) is 8.70. The van der Waals surface area contributed by atoms with Gasteiger partial charge in [-0.3, -0.25) is 0 Å². The number of aryl methyl sites for hydroxylation is 1. The molecule has 0 saturated carbocycles. The normalized spacial score (nSPS) is 24.2. The van der Waals surface area contributed by atoms with Crippen LogP contribution in [0.1, 0.15) is 29.1 Å². The molecular formula is C23H22ClF3N6O4S. The third-order valence-electron chi connectivity index (χ3n) is 6.29. The zero-order valence-electron chi connectivity index (χ0n) is 19.9. The van der Waals surface area contributed by atoms with E-state index >= 15 is 0 Å². The van der Waals surface area contributed by atoms with Gasteiger partial charge in [-0.1, -0.05) is 16.8 Å². The Balaban J connectivity index is 1.62. The quantitative estimate of drug-likeness (QED) is 0.361. The smallest absolute Gasteiger partial charge is 0.394 e. The fraction of sp³-hybridized carbons (Fsp3) is 0.391. The maximum absolute atomic E-state index is 13.9. The summed E-state index contributed by atoms with van der Waals surface area (Å²) in [6.07, 6.45) is -7.56. The molecule has 15 heteroatoms. The van der Waals surface area contributed by atoms with Crippen molar-refractivity contribution in [2.45, 2.75) is 43.6 Å². The predicted octanol–water partition coefficient (Wildman–Crippen LogP) is 3.62. The average molecular weight is 571 g/mol. The Hall–Kier alpha value is -2.88. The third kappa shape index (κ3) is 4.83. The number of halogens is 4. The first-order chi connectivity index (χ1) is 18.1. The summed E-state index contributed by atoms with van der Waals surface area (Å²) in [5, 5.41) is 35.6. The molecule has 1 saturated heterocycles. The largest absolute Gasteiger partial charge is 0.418 e. The van der Waals surface area contributed by atoms with E-state index in [1.807, 2.05) is 0 Å². The summed E-state index contributed by atoms with van der Waals surface area (Å²) in [6.45, 7) is 1.05. The number of benzene rings is 1. The first-order valence-corrected chi connectivity index (χ1v) is 12.7. The molecule has 5 atom stereocenters. The topological polar surface area (TPSA) is 120 Å². The van der Waals surface area contributed by atoms with Crippen LogP contribution in [0.5, 0.6) is 0 Å². The van der Waals surface area contributed by atoms with Crippen LogP contribution in [0.4, 0.5) is 13.2 Å². The van der Waals surface area contributed by atoms with E-state index in [-0.39, 0.29) is 16.4 Å². The van der Waals surface area contributed by atoms with Crippen LogP contribution in [-0.2, 0) is 15.7 Å². The standard InChI is InChI=1S/C23H22ClF3N6O4S/c1-11-5-17(33(30-11)16-6-12(24)3-4-13(16)23(25,26)27)21-22(36-2)19(20(35)18(8-34)37-21)32-7-14(29-31-32)15-9-38-10-28-15/h3-7,9-10,18-22,34-35H,8H2,1-2H3/t18-,19+,20+,21+,22-/m1/s1. The number of alkyl halides is 3. The van der Waals surface area contributed by atoms with Gasteiger partial charge in [-0.25, -0.2) is 14.3 Å². The molecule has 0 amide bonds. The Bertz CT molecular complexity index is 1410. The molecule has 1 aromatic carbocycles. The summed E-state index contributed by atoms with van der Waals surface area (Å²) in [4.78, 5) is 4.21. The van der Waals surface area contributed by atoms with Gasteiger partial charge in [-0.15, -0.1) is 16.4 Å². The molecule has 5 rings (SSSR count). The molecule has 1 aliphatic rings. The lowest BCUT2D eigenvalue weighted by atomic mass is 9.90. The summed E-state index contributed by atoms with van der Waals surface area (Å²) in [5.74, 6) is 0. The number of hydrogen-bond donors (Lipinski definition) is 2. The maximum atomic E-state index is 13.9. The molecule has 0 spiro atoms. The minimum atomic E-state index is -4.69. The lowest BCUT2D eigenvalue weighted by molar-refractivity contribution is -0.216. The van der Waals surface area contributed by atoms with Gasteiger partial charge in [0.1, 0.15) is 41.8 Å². The summed E-state index contributed by atoms with van der Waals surface area (Å²) in [5.41, 5.74) is 2.03. The average Bonchev–Trinajstić information content (AvgIpc) is 3.63. The van der Waals surface area contributed by atoms with Gasteiger partial charge in [0, 0.05) is 17.5 Å². The number of hydrogen-bond acceptors (Lipinski definition) is 9. The third-order valence-corrected chi connectivity index (χ3v) is 7.12. The van der Waals surface area contributed by atoms with E-state index in [2.05, 4.69) is 20.4 Å². The Morgan fingerprint density at radius 3 is 2.68 bits per heavy atom. The number of nitrogens with zero attached hydrogens (tertiary/aromatic N) is 6. The van der Waals surface area contributed by atoms with Crippen LogP contribution in [0, 0.1) is 6.92 Å². The SMILES string of the molecule is CO[C@@H]1[C@@H](n2cc(-c3cscn3)nn2)[C@@H](O)[C@@H](CO)O[C@H]1c1cc(C)nn1-c1cc(Cl)ccc1C(F)(F)F. The highest BCUT2D eigenvalue weighted by Crippen LogP contribution is 2.42. The molecule has 202 valence electrons. The van der Waals surface area contributed by atoms with Crippen molar-refractivity contribution in [2.75, 3.05) is 13.7 Å². The number of methoxy groups -OCH3 is 1. The van der Waals surface area contributed by atoms with Crippen molar-refractivity contribution in [1.29, 1.82) is 0 Å². The first kappa shape index (κ1) is 26.7. The highest BCUT2D eigenvalue weighted by atomic mass is 35.5. The summed E-state index contributed by atoms with van der Waals surface area (Å²) >= 11 is 7.45. The van der Waals surface area contributed by atoms with Crippen molar-refractivity contribution in [2.24, 2.45) is 0 Å². The van der Waals surface area contributed by atoms with Gasteiger partial charge in [0.15, 0.2) is 0 Å². The molecule has 0 radical (unpaired) electrons. The first-order valence-electron chi connectivity index (χ1n) is 11.3. The zero-order valence-corrected chi connectivity index (χ0v) is 21.5. The van der Waals surface area contributed by atoms with Crippen molar-refractivity contribution >= 4 is 22.9 Å². The molecule has 4 heterocycles. The van der Waals surface area contributed by atoms with Crippen LogP contribution in [0.2, 0.25) is 5.02 Å². The molecule has 0 aliphatic carbocycles. The number of thiazole rings is 1. The molecule has 2 N–H and O–H groups in total. The van der Waals surface area contributed by atoms with E-state index in [9.17, 15) is 23.4 Å². The number of aromatic nitrogens is 6. The van der Waals surface area contributed by atoms with Gasteiger partial charge in [-0.05, 0) is 31.2 Å². The van der Waals surface area contributed by atoms with Crippen LogP contribution < -0.4 is 0 Å². The van der Waals surface area contributed by atoms with Crippen LogP contribution in [0.15, 0.2) is 41.4 Å². The van der Waals surface area contributed by atoms with E-state index in [1.165, 1.54) is 29.2 Å². The van der Waals surface area contributed by atoms with E-state index in [1.54, 1.807) is 30.1 Å². The van der Waals surface area contributed by atoms with Gasteiger partial charge >= 0.3 is 6.18 Å². The van der Waals surface area contributed by atoms with Crippen molar-refractivity contribution in [3.8, 4) is 17.1 Å². The Kier molecular flexibility index (Phi) is 7.28. The maximum Gasteiger partial charge on any atom is 0.418 e. The number of rotatable bonds is 6. The van der Waals surface area contributed by atoms with E-state index < -0.39 is 48.8 Å². The number of aliphatic hydroxyl groups is 2. The van der Waals surface area contributed by atoms with Gasteiger partial charge in [-0.2, -0.15) is 18.3 Å². The monoisotopic (exact) mass is 570 g/mol. The molecule has 10 nitrogen and oxygen atoms in total. The van der Waals surface area contributed by atoms with Crippen LogP contribution >= 0.6 is 22.9 Å². The van der Waals surface area contributed by atoms with Crippen LogP contribution in [-0.4, -0.2) is 72.0 Å². The molecule has 3 aromatic heterocycles. The van der Waals surface area contributed by atoms with E-state index in [4.69, 9.17) is 21.1 Å².